The van der Waals surface area contributed by atoms with Crippen LogP contribution in [0.15, 0.2) is 76.8 Å². The van der Waals surface area contributed by atoms with Crippen molar-refractivity contribution in [1.82, 2.24) is 0 Å². The van der Waals surface area contributed by atoms with Gasteiger partial charge in [-0.25, -0.2) is 0 Å². The monoisotopic (exact) mass is 460 g/mol. The van der Waals surface area contributed by atoms with Gasteiger partial charge in [-0.15, -0.1) is 0 Å². The van der Waals surface area contributed by atoms with E-state index in [1.807, 2.05) is 86.6 Å². The minimum Gasteiger partial charge on any atom is -0.489 e. The largest absolute Gasteiger partial charge is 0.489 e. The number of nitriles is 1. The maximum atomic E-state index is 12.5. The zero-order chi connectivity index (χ0) is 21.5. The van der Waals surface area contributed by atoms with Gasteiger partial charge in [0.25, 0.3) is 5.91 Å². The average molecular weight is 461 g/mol. The zero-order valence-electron chi connectivity index (χ0n) is 16.8. The van der Waals surface area contributed by atoms with Gasteiger partial charge < -0.3 is 10.1 Å². The fourth-order valence-corrected chi connectivity index (χ4v) is 3.05. The molecule has 3 aromatic rings. The fraction of sp³-hybridized carbons (Fsp3) is 0.120. The number of rotatable bonds is 6. The van der Waals surface area contributed by atoms with Gasteiger partial charge in [-0.3, -0.25) is 4.79 Å². The number of carbonyl (C=O) groups excluding carboxylic acids is 1. The lowest BCUT2D eigenvalue weighted by atomic mass is 10.1. The number of nitrogens with zero attached hydrogens (tertiary/aromatic N) is 1. The summed E-state index contributed by atoms with van der Waals surface area (Å²) in [6.45, 7) is 4.33. The maximum Gasteiger partial charge on any atom is 0.266 e. The smallest absolute Gasteiger partial charge is 0.266 e. The number of anilines is 1. The third-order valence-electron chi connectivity index (χ3n) is 4.52. The first-order chi connectivity index (χ1) is 14.4. The van der Waals surface area contributed by atoms with Gasteiger partial charge in [0, 0.05) is 10.2 Å². The molecule has 0 heterocycles. The lowest BCUT2D eigenvalue weighted by Crippen LogP contribution is -2.14. The molecule has 0 aliphatic rings. The Labute approximate surface area is 184 Å². The molecule has 0 radical (unpaired) electrons. The fourth-order valence-electron chi connectivity index (χ4n) is 2.78. The number of aryl methyl sites for hydroxylation is 2. The van der Waals surface area contributed by atoms with Crippen LogP contribution in [0.5, 0.6) is 5.75 Å². The van der Waals surface area contributed by atoms with Crippen molar-refractivity contribution in [3.05, 3.63) is 99.0 Å². The molecule has 0 aliphatic heterocycles. The van der Waals surface area contributed by atoms with E-state index in [1.165, 1.54) is 0 Å². The molecule has 0 aromatic heterocycles. The highest BCUT2D eigenvalue weighted by molar-refractivity contribution is 9.10. The molecule has 0 saturated heterocycles. The summed E-state index contributed by atoms with van der Waals surface area (Å²) in [5, 5.41) is 12.3. The summed E-state index contributed by atoms with van der Waals surface area (Å²) in [6, 6.07) is 23.0. The van der Waals surface area contributed by atoms with E-state index >= 15 is 0 Å². The average Bonchev–Trinajstić information content (AvgIpc) is 2.75. The van der Waals surface area contributed by atoms with Crippen molar-refractivity contribution in [2.75, 3.05) is 5.32 Å². The number of nitrogens with one attached hydrogen (secondary N) is 1. The topological polar surface area (TPSA) is 62.1 Å². The number of hydrogen-bond donors (Lipinski definition) is 1. The van der Waals surface area contributed by atoms with E-state index in [0.29, 0.717) is 18.0 Å². The van der Waals surface area contributed by atoms with Gasteiger partial charge in [0.15, 0.2) is 0 Å². The summed E-state index contributed by atoms with van der Waals surface area (Å²) in [5.74, 6) is 0.287. The van der Waals surface area contributed by atoms with E-state index in [2.05, 4.69) is 21.2 Å². The van der Waals surface area contributed by atoms with Crippen LogP contribution in [0.3, 0.4) is 0 Å². The van der Waals surface area contributed by atoms with Gasteiger partial charge in [-0.05, 0) is 72.5 Å². The van der Waals surface area contributed by atoms with Crippen molar-refractivity contribution in [3.8, 4) is 11.8 Å². The Morgan fingerprint density at radius 3 is 2.43 bits per heavy atom. The van der Waals surface area contributed by atoms with Crippen molar-refractivity contribution in [1.29, 1.82) is 5.26 Å². The predicted octanol–water partition coefficient (Wildman–Crippen LogP) is 6.19. The van der Waals surface area contributed by atoms with Crippen molar-refractivity contribution in [2.45, 2.75) is 20.5 Å². The Morgan fingerprint density at radius 2 is 1.77 bits per heavy atom. The second-order valence-electron chi connectivity index (χ2n) is 6.93. The molecule has 0 saturated carbocycles. The molecule has 30 heavy (non-hydrogen) atoms. The molecule has 0 atom stereocenters. The molecule has 5 heteroatoms. The molecule has 0 aliphatic carbocycles. The number of hydrogen-bond acceptors (Lipinski definition) is 3. The van der Waals surface area contributed by atoms with E-state index in [1.54, 1.807) is 6.08 Å². The quantitative estimate of drug-likeness (QED) is 0.352. The highest BCUT2D eigenvalue weighted by Crippen LogP contribution is 2.20. The van der Waals surface area contributed by atoms with Crippen molar-refractivity contribution in [2.24, 2.45) is 0 Å². The molecule has 3 rings (SSSR count). The molecule has 150 valence electrons. The number of halogens is 1. The summed E-state index contributed by atoms with van der Waals surface area (Å²) < 4.78 is 6.81. The molecule has 0 fully saturated rings. The molecule has 1 amide bonds. The summed E-state index contributed by atoms with van der Waals surface area (Å²) in [6.07, 6.45) is 1.57. The Morgan fingerprint density at radius 1 is 1.07 bits per heavy atom. The number of carbonyl (C=O) groups is 1. The van der Waals surface area contributed by atoms with E-state index in [-0.39, 0.29) is 5.57 Å². The minimum atomic E-state index is -0.429. The van der Waals surface area contributed by atoms with Gasteiger partial charge in [0.05, 0.1) is 0 Å². The van der Waals surface area contributed by atoms with E-state index in [0.717, 1.165) is 26.7 Å². The van der Waals surface area contributed by atoms with Gasteiger partial charge in [-0.1, -0.05) is 52.3 Å². The second-order valence-corrected chi connectivity index (χ2v) is 7.84. The number of benzene rings is 3. The van der Waals surface area contributed by atoms with Gasteiger partial charge in [0.2, 0.25) is 0 Å². The standard InChI is InChI=1S/C25H21BrN2O2/c1-17-3-4-18(2)24(13-17)28-25(29)21(15-27)14-19-7-11-23(12-8-19)30-16-20-5-9-22(26)10-6-20/h3-14H,16H2,1-2H3,(H,28,29)/b21-14+. The Hall–Kier alpha value is -3.36. The zero-order valence-corrected chi connectivity index (χ0v) is 18.4. The third-order valence-corrected chi connectivity index (χ3v) is 5.04. The van der Waals surface area contributed by atoms with Crippen LogP contribution in [-0.2, 0) is 11.4 Å². The predicted molar refractivity (Wildman–Crippen MR) is 123 cm³/mol. The Balaban J connectivity index is 1.66. The van der Waals surface area contributed by atoms with E-state index < -0.39 is 5.91 Å². The number of amides is 1. The Kier molecular flexibility index (Phi) is 7.05. The van der Waals surface area contributed by atoms with Crippen LogP contribution in [0.4, 0.5) is 5.69 Å². The molecular formula is C25H21BrN2O2. The summed E-state index contributed by atoms with van der Waals surface area (Å²) in [5.41, 5.74) is 4.55. The lowest BCUT2D eigenvalue weighted by molar-refractivity contribution is -0.112. The first-order valence-corrected chi connectivity index (χ1v) is 10.2. The summed E-state index contributed by atoms with van der Waals surface area (Å²) in [7, 11) is 0. The minimum absolute atomic E-state index is 0.0411. The van der Waals surface area contributed by atoms with Gasteiger partial charge in [-0.2, -0.15) is 5.26 Å². The van der Waals surface area contributed by atoms with Crippen molar-refractivity contribution in [3.63, 3.8) is 0 Å². The van der Waals surface area contributed by atoms with Crippen molar-refractivity contribution >= 4 is 33.6 Å². The lowest BCUT2D eigenvalue weighted by Gasteiger charge is -2.09. The third kappa shape index (κ3) is 5.82. The Bertz CT molecular complexity index is 1110. The van der Waals surface area contributed by atoms with Crippen LogP contribution in [-0.4, -0.2) is 5.91 Å². The maximum absolute atomic E-state index is 12.5. The van der Waals surface area contributed by atoms with Crippen LogP contribution in [0, 0.1) is 25.2 Å². The summed E-state index contributed by atoms with van der Waals surface area (Å²) >= 11 is 3.41. The molecule has 4 nitrogen and oxygen atoms in total. The van der Waals surface area contributed by atoms with Crippen LogP contribution in [0.25, 0.3) is 6.08 Å². The number of ether oxygens (including phenoxy) is 1. The normalized spacial score (nSPS) is 10.9. The van der Waals surface area contributed by atoms with Crippen molar-refractivity contribution < 1.29 is 9.53 Å². The molecule has 1 N–H and O–H groups in total. The van der Waals surface area contributed by atoms with Crippen LogP contribution in [0.1, 0.15) is 22.3 Å². The molecule has 3 aromatic carbocycles. The van der Waals surface area contributed by atoms with Crippen LogP contribution in [0.2, 0.25) is 0 Å². The molecule has 0 unspecified atom stereocenters. The van der Waals surface area contributed by atoms with Gasteiger partial charge >= 0.3 is 0 Å². The first-order valence-electron chi connectivity index (χ1n) is 9.42. The highest BCUT2D eigenvalue weighted by Gasteiger charge is 2.11. The van der Waals surface area contributed by atoms with E-state index in [9.17, 15) is 10.1 Å². The SMILES string of the molecule is Cc1ccc(C)c(NC(=O)/C(C#N)=C/c2ccc(OCc3ccc(Br)cc3)cc2)c1. The van der Waals surface area contributed by atoms with Crippen LogP contribution < -0.4 is 10.1 Å². The van der Waals surface area contributed by atoms with Crippen LogP contribution >= 0.6 is 15.9 Å². The molecule has 0 spiro atoms. The molecule has 0 bridgehead atoms. The second kappa shape index (κ2) is 9.91. The van der Waals surface area contributed by atoms with Gasteiger partial charge in [0.1, 0.15) is 24.0 Å². The highest BCUT2D eigenvalue weighted by atomic mass is 79.9. The summed E-state index contributed by atoms with van der Waals surface area (Å²) in [4.78, 5) is 12.5. The van der Waals surface area contributed by atoms with E-state index in [4.69, 9.17) is 4.74 Å². The molecular weight excluding hydrogens is 440 g/mol. The first kappa shape index (κ1) is 21.4.